The Morgan fingerprint density at radius 3 is 2.73 bits per heavy atom. The zero-order chi connectivity index (χ0) is 15.4. The summed E-state index contributed by atoms with van der Waals surface area (Å²) in [6.45, 7) is 0. The molecular formula is C16H14N2O3S. The van der Waals surface area contributed by atoms with E-state index in [-0.39, 0.29) is 11.5 Å². The van der Waals surface area contributed by atoms with Crippen LogP contribution in [0, 0.1) is 0 Å². The van der Waals surface area contributed by atoms with Crippen molar-refractivity contribution in [2.45, 2.75) is 10.8 Å². The van der Waals surface area contributed by atoms with Crippen LogP contribution < -0.4 is 0 Å². The van der Waals surface area contributed by atoms with Crippen molar-refractivity contribution >= 4 is 17.7 Å². The van der Waals surface area contributed by atoms with Crippen molar-refractivity contribution in [2.75, 3.05) is 5.75 Å². The number of aromatic carboxylic acids is 1. The van der Waals surface area contributed by atoms with Gasteiger partial charge in [0.25, 0.3) is 0 Å². The van der Waals surface area contributed by atoms with Gasteiger partial charge in [-0.2, -0.15) is 0 Å². The maximum absolute atomic E-state index is 10.9. The lowest BCUT2D eigenvalue weighted by atomic mass is 10.1. The Kier molecular flexibility index (Phi) is 4.29. The normalized spacial score (nSPS) is 12.2. The van der Waals surface area contributed by atoms with Crippen LogP contribution >= 0.6 is 11.8 Å². The van der Waals surface area contributed by atoms with E-state index in [1.165, 1.54) is 0 Å². The first-order valence-electron chi connectivity index (χ1n) is 6.73. The highest BCUT2D eigenvalue weighted by atomic mass is 32.2. The molecule has 1 atom stereocenters. The van der Waals surface area contributed by atoms with Crippen molar-refractivity contribution in [2.24, 2.45) is 0 Å². The number of H-pyrrole nitrogens is 1. The topological polar surface area (TPSA) is 79.1 Å². The molecule has 1 aromatic carbocycles. The van der Waals surface area contributed by atoms with E-state index in [1.807, 2.05) is 24.3 Å². The van der Waals surface area contributed by atoms with Crippen molar-refractivity contribution in [3.63, 3.8) is 0 Å². The molecular weight excluding hydrogens is 300 g/mol. The first-order valence-corrected chi connectivity index (χ1v) is 7.71. The SMILES string of the molecule is O=C(O)c1ccc(SCC(c2ncc[nH]2)c2ccco2)cc1. The van der Waals surface area contributed by atoms with Gasteiger partial charge in [0.2, 0.25) is 0 Å². The number of thioether (sulfide) groups is 1. The highest BCUT2D eigenvalue weighted by Crippen LogP contribution is 2.30. The first kappa shape index (κ1) is 14.5. The fraction of sp³-hybridized carbons (Fsp3) is 0.125. The van der Waals surface area contributed by atoms with Gasteiger partial charge in [-0.25, -0.2) is 9.78 Å². The minimum Gasteiger partial charge on any atom is -0.478 e. The number of imidazole rings is 1. The number of aromatic nitrogens is 2. The maximum atomic E-state index is 10.9. The minimum absolute atomic E-state index is 0.0224. The predicted octanol–water partition coefficient (Wildman–Crippen LogP) is 3.63. The Morgan fingerprint density at radius 1 is 1.32 bits per heavy atom. The van der Waals surface area contributed by atoms with Gasteiger partial charge in [0.15, 0.2) is 0 Å². The Balaban J connectivity index is 1.73. The molecule has 0 aliphatic heterocycles. The van der Waals surface area contributed by atoms with E-state index < -0.39 is 5.97 Å². The van der Waals surface area contributed by atoms with Crippen LogP contribution in [0.3, 0.4) is 0 Å². The van der Waals surface area contributed by atoms with Gasteiger partial charge in [-0.3, -0.25) is 0 Å². The summed E-state index contributed by atoms with van der Waals surface area (Å²) in [5.41, 5.74) is 0.290. The molecule has 0 aliphatic carbocycles. The maximum Gasteiger partial charge on any atom is 0.335 e. The number of hydrogen-bond donors (Lipinski definition) is 2. The summed E-state index contributed by atoms with van der Waals surface area (Å²) in [6.07, 6.45) is 5.16. The molecule has 0 bridgehead atoms. The van der Waals surface area contributed by atoms with Gasteiger partial charge in [0.1, 0.15) is 11.6 Å². The van der Waals surface area contributed by atoms with Crippen LogP contribution in [-0.4, -0.2) is 26.8 Å². The summed E-state index contributed by atoms with van der Waals surface area (Å²) < 4.78 is 5.51. The number of rotatable bonds is 6. The quantitative estimate of drug-likeness (QED) is 0.679. The number of nitrogens with zero attached hydrogens (tertiary/aromatic N) is 1. The minimum atomic E-state index is -0.916. The zero-order valence-electron chi connectivity index (χ0n) is 11.6. The predicted molar refractivity (Wildman–Crippen MR) is 83.3 cm³/mol. The summed E-state index contributed by atoms with van der Waals surface area (Å²) >= 11 is 1.63. The van der Waals surface area contributed by atoms with Crippen LogP contribution in [0.4, 0.5) is 0 Å². The van der Waals surface area contributed by atoms with E-state index in [4.69, 9.17) is 9.52 Å². The molecule has 112 valence electrons. The zero-order valence-corrected chi connectivity index (χ0v) is 12.4. The van der Waals surface area contributed by atoms with E-state index in [0.717, 1.165) is 22.2 Å². The number of hydrogen-bond acceptors (Lipinski definition) is 4. The van der Waals surface area contributed by atoms with Crippen molar-refractivity contribution in [3.8, 4) is 0 Å². The smallest absolute Gasteiger partial charge is 0.335 e. The number of aromatic amines is 1. The number of carboxylic acid groups (broad SMARTS) is 1. The number of carbonyl (C=O) groups is 1. The second kappa shape index (κ2) is 6.53. The number of benzene rings is 1. The van der Waals surface area contributed by atoms with Gasteiger partial charge in [-0.15, -0.1) is 11.8 Å². The molecule has 3 rings (SSSR count). The highest BCUT2D eigenvalue weighted by molar-refractivity contribution is 7.99. The van der Waals surface area contributed by atoms with Crippen molar-refractivity contribution in [3.05, 3.63) is 72.2 Å². The fourth-order valence-electron chi connectivity index (χ4n) is 2.13. The Hall–Kier alpha value is -2.47. The molecule has 2 heterocycles. The van der Waals surface area contributed by atoms with Crippen LogP contribution in [0.15, 0.2) is 64.4 Å². The standard InChI is InChI=1S/C16H14N2O3S/c19-16(20)11-3-5-12(6-4-11)22-10-13(14-2-1-9-21-14)15-17-7-8-18-15/h1-9,13H,10H2,(H,17,18)(H,19,20). The largest absolute Gasteiger partial charge is 0.478 e. The fourth-order valence-corrected chi connectivity index (χ4v) is 3.14. The Labute approximate surface area is 131 Å². The van der Waals surface area contributed by atoms with Gasteiger partial charge >= 0.3 is 5.97 Å². The van der Waals surface area contributed by atoms with Crippen LogP contribution in [0.2, 0.25) is 0 Å². The van der Waals surface area contributed by atoms with Crippen molar-refractivity contribution in [1.29, 1.82) is 0 Å². The van der Waals surface area contributed by atoms with Crippen LogP contribution in [-0.2, 0) is 0 Å². The molecule has 0 radical (unpaired) electrons. The number of furan rings is 1. The summed E-state index contributed by atoms with van der Waals surface area (Å²) in [7, 11) is 0. The third kappa shape index (κ3) is 3.23. The molecule has 0 saturated carbocycles. The molecule has 0 fully saturated rings. The molecule has 3 aromatic rings. The van der Waals surface area contributed by atoms with E-state index in [0.29, 0.717) is 0 Å². The lowest BCUT2D eigenvalue weighted by Gasteiger charge is -2.12. The average molecular weight is 314 g/mol. The molecule has 22 heavy (non-hydrogen) atoms. The molecule has 0 saturated heterocycles. The molecule has 6 heteroatoms. The van der Waals surface area contributed by atoms with Gasteiger partial charge in [-0.1, -0.05) is 0 Å². The van der Waals surface area contributed by atoms with Gasteiger partial charge < -0.3 is 14.5 Å². The first-order chi connectivity index (χ1) is 10.7. The number of carboxylic acids is 1. The lowest BCUT2D eigenvalue weighted by Crippen LogP contribution is -2.05. The lowest BCUT2D eigenvalue weighted by molar-refractivity contribution is 0.0697. The molecule has 2 aromatic heterocycles. The van der Waals surface area contributed by atoms with Crippen molar-refractivity contribution in [1.82, 2.24) is 9.97 Å². The second-order valence-corrected chi connectivity index (χ2v) is 5.78. The van der Waals surface area contributed by atoms with Crippen LogP contribution in [0.25, 0.3) is 0 Å². The van der Waals surface area contributed by atoms with Crippen LogP contribution in [0.5, 0.6) is 0 Å². The van der Waals surface area contributed by atoms with E-state index in [2.05, 4.69) is 9.97 Å². The van der Waals surface area contributed by atoms with Crippen molar-refractivity contribution < 1.29 is 14.3 Å². The summed E-state index contributed by atoms with van der Waals surface area (Å²) in [4.78, 5) is 19.3. The van der Waals surface area contributed by atoms with E-state index in [1.54, 1.807) is 42.6 Å². The summed E-state index contributed by atoms with van der Waals surface area (Å²) in [5.74, 6) is 1.55. The summed E-state index contributed by atoms with van der Waals surface area (Å²) in [5, 5.41) is 8.91. The molecule has 1 unspecified atom stereocenters. The third-order valence-electron chi connectivity index (χ3n) is 3.25. The molecule has 5 nitrogen and oxygen atoms in total. The molecule has 0 aliphatic rings. The third-order valence-corrected chi connectivity index (χ3v) is 4.36. The monoisotopic (exact) mass is 314 g/mol. The highest BCUT2D eigenvalue weighted by Gasteiger charge is 2.19. The Bertz CT molecular complexity index is 687. The van der Waals surface area contributed by atoms with Crippen LogP contribution in [0.1, 0.15) is 27.9 Å². The average Bonchev–Trinajstić information content (AvgIpc) is 3.22. The van der Waals surface area contributed by atoms with Gasteiger partial charge in [-0.05, 0) is 36.4 Å². The molecule has 0 spiro atoms. The van der Waals surface area contributed by atoms with Gasteiger partial charge in [0, 0.05) is 23.0 Å². The summed E-state index contributed by atoms with van der Waals surface area (Å²) in [6, 6.07) is 10.6. The van der Waals surface area contributed by atoms with E-state index in [9.17, 15) is 4.79 Å². The molecule has 2 N–H and O–H groups in total. The number of nitrogens with one attached hydrogen (secondary N) is 1. The van der Waals surface area contributed by atoms with E-state index >= 15 is 0 Å². The van der Waals surface area contributed by atoms with Gasteiger partial charge in [0.05, 0.1) is 17.7 Å². The second-order valence-electron chi connectivity index (χ2n) is 4.68. The Morgan fingerprint density at radius 2 is 2.14 bits per heavy atom. The molecule has 0 amide bonds.